The van der Waals surface area contributed by atoms with Crippen molar-refractivity contribution in [2.24, 2.45) is 0 Å². The fraction of sp³-hybridized carbons (Fsp3) is 0.360. The molecule has 0 N–H and O–H groups in total. The second-order valence-corrected chi connectivity index (χ2v) is 10.8. The summed E-state index contributed by atoms with van der Waals surface area (Å²) in [6, 6.07) is 14.1. The smallest absolute Gasteiger partial charge is 0.248 e. The van der Waals surface area contributed by atoms with Gasteiger partial charge < -0.3 is 9.80 Å². The van der Waals surface area contributed by atoms with Crippen molar-refractivity contribution in [1.82, 2.24) is 9.80 Å². The normalized spacial score (nSPS) is 16.0. The highest BCUT2D eigenvalue weighted by Gasteiger charge is 2.33. The molecule has 0 radical (unpaired) electrons. The molecule has 0 spiro atoms. The van der Waals surface area contributed by atoms with Crippen molar-refractivity contribution in [3.8, 4) is 0 Å². The first-order valence-corrected chi connectivity index (χ1v) is 13.1. The minimum atomic E-state index is -3.76. The van der Waals surface area contributed by atoms with Crippen LogP contribution in [0.15, 0.2) is 53.4 Å². The molecule has 35 heavy (non-hydrogen) atoms. The maximum atomic E-state index is 12.8. The molecule has 0 bridgehead atoms. The summed E-state index contributed by atoms with van der Waals surface area (Å²) in [4.78, 5) is 53.3. The van der Waals surface area contributed by atoms with E-state index in [1.54, 1.807) is 17.0 Å². The molecule has 0 aliphatic carbocycles. The summed E-state index contributed by atoms with van der Waals surface area (Å²) in [6.45, 7) is 1.70. The van der Waals surface area contributed by atoms with Crippen molar-refractivity contribution in [3.63, 3.8) is 0 Å². The summed E-state index contributed by atoms with van der Waals surface area (Å²) >= 11 is 0. The predicted molar refractivity (Wildman–Crippen MR) is 128 cm³/mol. The molecule has 10 heteroatoms. The largest absolute Gasteiger partial charge is 0.324 e. The van der Waals surface area contributed by atoms with E-state index in [1.807, 2.05) is 30.3 Å². The van der Waals surface area contributed by atoms with Gasteiger partial charge in [0.05, 0.1) is 10.6 Å². The Bertz CT molecular complexity index is 1260. The van der Waals surface area contributed by atoms with Gasteiger partial charge in [-0.05, 0) is 42.2 Å². The number of carbonyl (C=O) groups is 4. The molecule has 0 atom stereocenters. The third-order valence-corrected chi connectivity index (χ3v) is 8.06. The van der Waals surface area contributed by atoms with Gasteiger partial charge in [-0.25, -0.2) is 8.42 Å². The Morgan fingerprint density at radius 3 is 2.31 bits per heavy atom. The van der Waals surface area contributed by atoms with Gasteiger partial charge in [-0.15, -0.1) is 0 Å². The van der Waals surface area contributed by atoms with Crippen molar-refractivity contribution < 1.29 is 27.6 Å². The lowest BCUT2D eigenvalue weighted by Crippen LogP contribution is -2.56. The highest BCUT2D eigenvalue weighted by atomic mass is 32.2. The molecule has 0 saturated carbocycles. The fourth-order valence-corrected chi connectivity index (χ4v) is 5.68. The number of rotatable bonds is 7. The number of benzene rings is 2. The summed E-state index contributed by atoms with van der Waals surface area (Å²) in [5, 5.41) is 0. The Morgan fingerprint density at radius 2 is 1.66 bits per heavy atom. The third kappa shape index (κ3) is 5.43. The van der Waals surface area contributed by atoms with E-state index < -0.39 is 33.3 Å². The molecular weight excluding hydrogens is 470 g/mol. The van der Waals surface area contributed by atoms with E-state index in [-0.39, 0.29) is 36.9 Å². The van der Waals surface area contributed by atoms with Crippen LogP contribution in [-0.4, -0.2) is 73.8 Å². The number of imide groups is 1. The zero-order chi connectivity index (χ0) is 25.2. The summed E-state index contributed by atoms with van der Waals surface area (Å²) in [6.07, 6.45) is 0.759. The van der Waals surface area contributed by atoms with Crippen LogP contribution in [0.3, 0.4) is 0 Å². The van der Waals surface area contributed by atoms with Gasteiger partial charge in [-0.3, -0.25) is 24.1 Å². The molecule has 1 fully saturated rings. The summed E-state index contributed by atoms with van der Waals surface area (Å²) in [5.41, 5.74) is 2.47. The van der Waals surface area contributed by atoms with Gasteiger partial charge in [0.2, 0.25) is 23.6 Å². The predicted octanol–water partition coefficient (Wildman–Crippen LogP) is 1.20. The molecule has 1 saturated heterocycles. The van der Waals surface area contributed by atoms with Gasteiger partial charge in [0.1, 0.15) is 13.1 Å². The van der Waals surface area contributed by atoms with Crippen molar-refractivity contribution >= 4 is 39.2 Å². The van der Waals surface area contributed by atoms with Crippen LogP contribution in [-0.2, 0) is 41.9 Å². The molecule has 0 aromatic heterocycles. The van der Waals surface area contributed by atoms with Crippen molar-refractivity contribution in [2.75, 3.05) is 36.8 Å². The lowest BCUT2D eigenvalue weighted by Gasteiger charge is -2.32. The number of piperazine rings is 1. The highest BCUT2D eigenvalue weighted by molar-refractivity contribution is 7.91. The molecule has 4 rings (SSSR count). The summed E-state index contributed by atoms with van der Waals surface area (Å²) < 4.78 is 25.7. The summed E-state index contributed by atoms with van der Waals surface area (Å²) in [7, 11) is -3.76. The standard InChI is InChI=1S/C25H27N3O6S/c1-18(29)27-13-10-20-15-21(7-8-22(20)27)35(33,34)14-11-23(30)26-16-24(31)28(25(32)17-26)12-9-19-5-3-2-4-6-19/h2-8,15H,9-14,16-17H2,1H3. The Balaban J connectivity index is 1.33. The number of anilines is 1. The number of hydrogen-bond acceptors (Lipinski definition) is 6. The van der Waals surface area contributed by atoms with Crippen LogP contribution in [0.4, 0.5) is 5.69 Å². The second-order valence-electron chi connectivity index (χ2n) is 8.70. The van der Waals surface area contributed by atoms with E-state index in [4.69, 9.17) is 0 Å². The molecule has 2 aromatic carbocycles. The zero-order valence-corrected chi connectivity index (χ0v) is 20.3. The number of sulfone groups is 1. The number of amides is 4. The van der Waals surface area contributed by atoms with Gasteiger partial charge in [-0.2, -0.15) is 0 Å². The van der Waals surface area contributed by atoms with E-state index in [9.17, 15) is 27.6 Å². The Labute approximate surface area is 204 Å². The average Bonchev–Trinajstić information content (AvgIpc) is 3.26. The van der Waals surface area contributed by atoms with E-state index in [2.05, 4.69) is 0 Å². The lowest BCUT2D eigenvalue weighted by molar-refractivity contribution is -0.156. The Kier molecular flexibility index (Phi) is 7.02. The number of nitrogens with zero attached hydrogens (tertiary/aromatic N) is 3. The van der Waals surface area contributed by atoms with E-state index >= 15 is 0 Å². The molecule has 4 amide bonds. The first kappa shape index (κ1) is 24.6. The van der Waals surface area contributed by atoms with E-state index in [1.165, 1.54) is 13.0 Å². The Morgan fingerprint density at radius 1 is 0.971 bits per heavy atom. The van der Waals surface area contributed by atoms with Crippen LogP contribution in [0.5, 0.6) is 0 Å². The quantitative estimate of drug-likeness (QED) is 0.532. The molecule has 2 heterocycles. The highest BCUT2D eigenvalue weighted by Crippen LogP contribution is 2.30. The molecule has 2 aromatic rings. The zero-order valence-electron chi connectivity index (χ0n) is 19.5. The van der Waals surface area contributed by atoms with E-state index in [0.717, 1.165) is 20.9 Å². The number of fused-ring (bicyclic) bond motifs is 1. The van der Waals surface area contributed by atoms with Crippen LogP contribution in [0.1, 0.15) is 24.5 Å². The molecule has 2 aliphatic heterocycles. The number of carbonyl (C=O) groups excluding carboxylic acids is 4. The van der Waals surface area contributed by atoms with Crippen LogP contribution in [0.25, 0.3) is 0 Å². The first-order chi connectivity index (χ1) is 16.7. The first-order valence-electron chi connectivity index (χ1n) is 11.4. The fourth-order valence-electron chi connectivity index (χ4n) is 4.40. The molecule has 9 nitrogen and oxygen atoms in total. The third-order valence-electron chi connectivity index (χ3n) is 6.34. The second kappa shape index (κ2) is 9.99. The topological polar surface area (TPSA) is 112 Å². The average molecular weight is 498 g/mol. The van der Waals surface area contributed by atoms with Crippen LogP contribution in [0.2, 0.25) is 0 Å². The minimum Gasteiger partial charge on any atom is -0.324 e. The number of hydrogen-bond donors (Lipinski definition) is 0. The van der Waals surface area contributed by atoms with Gasteiger partial charge in [-0.1, -0.05) is 30.3 Å². The SMILES string of the molecule is CC(=O)N1CCc2cc(S(=O)(=O)CCC(=O)N3CC(=O)N(CCc4ccccc4)C(=O)C3)ccc21. The minimum absolute atomic E-state index is 0.0901. The molecule has 184 valence electrons. The Hall–Kier alpha value is -3.53. The van der Waals surface area contributed by atoms with Gasteiger partial charge in [0, 0.05) is 32.1 Å². The monoisotopic (exact) mass is 497 g/mol. The van der Waals surface area contributed by atoms with Gasteiger partial charge in [0.15, 0.2) is 9.84 Å². The van der Waals surface area contributed by atoms with Crippen LogP contribution >= 0.6 is 0 Å². The van der Waals surface area contributed by atoms with Crippen molar-refractivity contribution in [3.05, 3.63) is 59.7 Å². The molecule has 0 unspecified atom stereocenters. The van der Waals surface area contributed by atoms with Crippen LogP contribution in [0, 0.1) is 0 Å². The van der Waals surface area contributed by atoms with Crippen molar-refractivity contribution in [1.29, 1.82) is 0 Å². The summed E-state index contributed by atoms with van der Waals surface area (Å²) in [5.74, 6) is -2.03. The van der Waals surface area contributed by atoms with Crippen LogP contribution < -0.4 is 4.90 Å². The van der Waals surface area contributed by atoms with Crippen molar-refractivity contribution in [2.45, 2.75) is 31.1 Å². The molecule has 2 aliphatic rings. The maximum absolute atomic E-state index is 12.8. The van der Waals surface area contributed by atoms with Gasteiger partial charge >= 0.3 is 0 Å². The maximum Gasteiger partial charge on any atom is 0.248 e. The molecular formula is C25H27N3O6S. The van der Waals surface area contributed by atoms with Gasteiger partial charge in [0.25, 0.3) is 0 Å². The lowest BCUT2D eigenvalue weighted by atomic mass is 10.1. The van der Waals surface area contributed by atoms with E-state index in [0.29, 0.717) is 25.1 Å².